The first-order valence-corrected chi connectivity index (χ1v) is 9.13. The van der Waals surface area contributed by atoms with Crippen molar-refractivity contribution in [3.05, 3.63) is 65.2 Å². The molecule has 0 aliphatic heterocycles. The largest absolute Gasteiger partial charge is 0.395 e. The molecule has 4 rings (SSSR count). The zero-order chi connectivity index (χ0) is 21.3. The van der Waals surface area contributed by atoms with Crippen LogP contribution in [0.15, 0.2) is 48.5 Å². The smallest absolute Gasteiger partial charge is 0.251 e. The van der Waals surface area contributed by atoms with Gasteiger partial charge in [0, 0.05) is 17.7 Å². The Morgan fingerprint density at radius 1 is 1.10 bits per heavy atom. The fourth-order valence-electron chi connectivity index (χ4n) is 3.48. The molecule has 8 heteroatoms. The van der Waals surface area contributed by atoms with Crippen molar-refractivity contribution in [1.29, 1.82) is 10.5 Å². The number of amides is 1. The number of nitrogens with two attached hydrogens (primary N) is 1. The standard InChI is InChI=1S/C22H16N6O2/c23-11-15-19(13-5-7-14(8-6-13)22(30)26-9-10-29)16(12-24)21-27-17-3-1-2-4-18(17)28(21)20(15)25/h1-8,29H,9-10,25H2,(H,26,30). The number of carbonyl (C=O) groups excluding carboxylic acids is 1. The highest BCUT2D eigenvalue weighted by Gasteiger charge is 2.22. The highest BCUT2D eigenvalue weighted by molar-refractivity contribution is 5.96. The van der Waals surface area contributed by atoms with Crippen LogP contribution in [-0.4, -0.2) is 33.6 Å². The summed E-state index contributed by atoms with van der Waals surface area (Å²) >= 11 is 0. The average Bonchev–Trinajstić information content (AvgIpc) is 3.17. The summed E-state index contributed by atoms with van der Waals surface area (Å²) in [5.74, 6) is -0.133. The number of aromatic nitrogens is 2. The molecule has 0 aliphatic rings. The summed E-state index contributed by atoms with van der Waals surface area (Å²) in [5, 5.41) is 31.2. The van der Waals surface area contributed by atoms with E-state index in [0.717, 1.165) is 0 Å². The van der Waals surface area contributed by atoms with Gasteiger partial charge in [-0.15, -0.1) is 0 Å². The van der Waals surface area contributed by atoms with Crippen molar-refractivity contribution in [3.63, 3.8) is 0 Å². The van der Waals surface area contributed by atoms with Crippen LogP contribution < -0.4 is 11.1 Å². The third-order valence-corrected chi connectivity index (χ3v) is 4.84. The van der Waals surface area contributed by atoms with Gasteiger partial charge in [-0.1, -0.05) is 24.3 Å². The number of rotatable bonds is 4. The minimum atomic E-state index is -0.328. The predicted octanol–water partition coefficient (Wildman–Crippen LogP) is 2.20. The van der Waals surface area contributed by atoms with Crippen LogP contribution >= 0.6 is 0 Å². The second-order valence-electron chi connectivity index (χ2n) is 6.55. The molecule has 0 aliphatic carbocycles. The van der Waals surface area contributed by atoms with Crippen molar-refractivity contribution < 1.29 is 9.90 Å². The van der Waals surface area contributed by atoms with Crippen molar-refractivity contribution in [2.24, 2.45) is 0 Å². The number of para-hydroxylation sites is 2. The number of hydrogen-bond acceptors (Lipinski definition) is 6. The summed E-state index contributed by atoms with van der Waals surface area (Å²) < 4.78 is 1.62. The molecule has 8 nitrogen and oxygen atoms in total. The van der Waals surface area contributed by atoms with E-state index in [1.54, 1.807) is 28.7 Å². The van der Waals surface area contributed by atoms with E-state index in [9.17, 15) is 15.3 Å². The second-order valence-corrected chi connectivity index (χ2v) is 6.55. The zero-order valence-corrected chi connectivity index (χ0v) is 15.8. The molecule has 0 atom stereocenters. The van der Waals surface area contributed by atoms with Gasteiger partial charge in [0.25, 0.3) is 5.91 Å². The summed E-state index contributed by atoms with van der Waals surface area (Å²) in [7, 11) is 0. The third-order valence-electron chi connectivity index (χ3n) is 4.84. The molecular weight excluding hydrogens is 380 g/mol. The minimum Gasteiger partial charge on any atom is -0.395 e. The van der Waals surface area contributed by atoms with Crippen molar-refractivity contribution in [3.8, 4) is 23.3 Å². The maximum atomic E-state index is 12.1. The number of pyridine rings is 1. The fourth-order valence-corrected chi connectivity index (χ4v) is 3.48. The number of nitrogen functional groups attached to an aromatic ring is 1. The summed E-state index contributed by atoms with van der Waals surface area (Å²) in [6.45, 7) is -0.00275. The lowest BCUT2D eigenvalue weighted by molar-refractivity contribution is 0.0945. The fraction of sp³-hybridized carbons (Fsp3) is 0.0909. The van der Waals surface area contributed by atoms with Gasteiger partial charge in [-0.25, -0.2) is 4.98 Å². The van der Waals surface area contributed by atoms with E-state index < -0.39 is 0 Å². The van der Waals surface area contributed by atoms with E-state index in [2.05, 4.69) is 22.4 Å². The molecule has 0 spiro atoms. The molecule has 2 heterocycles. The Labute approximate surface area is 171 Å². The molecule has 0 radical (unpaired) electrons. The number of aliphatic hydroxyl groups is 1. The van der Waals surface area contributed by atoms with E-state index in [1.165, 1.54) is 0 Å². The molecule has 146 valence electrons. The normalized spacial score (nSPS) is 10.6. The van der Waals surface area contributed by atoms with Gasteiger partial charge >= 0.3 is 0 Å². The van der Waals surface area contributed by atoms with Crippen LogP contribution in [0.5, 0.6) is 0 Å². The number of imidazole rings is 1. The predicted molar refractivity (Wildman–Crippen MR) is 111 cm³/mol. The van der Waals surface area contributed by atoms with Gasteiger partial charge in [0.1, 0.15) is 29.1 Å². The maximum absolute atomic E-state index is 12.1. The molecule has 0 fully saturated rings. The number of anilines is 1. The highest BCUT2D eigenvalue weighted by atomic mass is 16.3. The molecule has 1 amide bonds. The van der Waals surface area contributed by atoms with Crippen LogP contribution in [0.4, 0.5) is 5.82 Å². The average molecular weight is 396 g/mol. The van der Waals surface area contributed by atoms with E-state index in [0.29, 0.717) is 33.4 Å². The summed E-state index contributed by atoms with van der Waals surface area (Å²) in [6.07, 6.45) is 0. The van der Waals surface area contributed by atoms with E-state index in [-0.39, 0.29) is 36.0 Å². The molecule has 0 unspecified atom stereocenters. The monoisotopic (exact) mass is 396 g/mol. The first-order valence-electron chi connectivity index (χ1n) is 9.13. The Hall–Kier alpha value is -4.40. The van der Waals surface area contributed by atoms with Crippen LogP contribution in [0.3, 0.4) is 0 Å². The summed E-state index contributed by atoms with van der Waals surface area (Å²) in [6, 6.07) is 18.1. The van der Waals surface area contributed by atoms with E-state index in [4.69, 9.17) is 10.8 Å². The molecule has 2 aromatic carbocycles. The Morgan fingerprint density at radius 3 is 2.47 bits per heavy atom. The lowest BCUT2D eigenvalue weighted by Gasteiger charge is -2.13. The Morgan fingerprint density at radius 2 is 1.80 bits per heavy atom. The highest BCUT2D eigenvalue weighted by Crippen LogP contribution is 2.35. The lowest BCUT2D eigenvalue weighted by atomic mass is 9.95. The molecule has 0 bridgehead atoms. The lowest BCUT2D eigenvalue weighted by Crippen LogP contribution is -2.26. The number of nitrogens with one attached hydrogen (secondary N) is 1. The van der Waals surface area contributed by atoms with Crippen LogP contribution in [0.1, 0.15) is 21.5 Å². The first-order chi connectivity index (χ1) is 14.6. The van der Waals surface area contributed by atoms with Gasteiger partial charge in [0.2, 0.25) is 0 Å². The summed E-state index contributed by atoms with van der Waals surface area (Å²) in [4.78, 5) is 16.6. The maximum Gasteiger partial charge on any atom is 0.251 e. The first kappa shape index (κ1) is 18.9. The van der Waals surface area contributed by atoms with Crippen LogP contribution in [0, 0.1) is 22.7 Å². The van der Waals surface area contributed by atoms with Crippen LogP contribution in [-0.2, 0) is 0 Å². The van der Waals surface area contributed by atoms with Crippen molar-refractivity contribution in [2.75, 3.05) is 18.9 Å². The van der Waals surface area contributed by atoms with E-state index >= 15 is 0 Å². The van der Waals surface area contributed by atoms with Gasteiger partial charge in [0.05, 0.1) is 17.6 Å². The Kier molecular flexibility index (Phi) is 4.77. The van der Waals surface area contributed by atoms with Crippen molar-refractivity contribution in [2.45, 2.75) is 0 Å². The quantitative estimate of drug-likeness (QED) is 0.483. The van der Waals surface area contributed by atoms with Gasteiger partial charge in [-0.2, -0.15) is 10.5 Å². The van der Waals surface area contributed by atoms with E-state index in [1.807, 2.05) is 24.3 Å². The number of nitriles is 2. The van der Waals surface area contributed by atoms with Gasteiger partial charge < -0.3 is 16.2 Å². The van der Waals surface area contributed by atoms with Crippen molar-refractivity contribution in [1.82, 2.24) is 14.7 Å². The number of fused-ring (bicyclic) bond motifs is 3. The van der Waals surface area contributed by atoms with Gasteiger partial charge in [-0.3, -0.25) is 9.20 Å². The molecule has 4 aromatic rings. The number of hydrogen-bond donors (Lipinski definition) is 3. The van der Waals surface area contributed by atoms with Gasteiger partial charge in [0.15, 0.2) is 5.65 Å². The Balaban J connectivity index is 1.95. The van der Waals surface area contributed by atoms with Crippen LogP contribution in [0.2, 0.25) is 0 Å². The number of nitrogens with zero attached hydrogens (tertiary/aromatic N) is 4. The molecular formula is C22H16N6O2. The minimum absolute atomic E-state index is 0.151. The number of carbonyl (C=O) groups is 1. The van der Waals surface area contributed by atoms with Crippen molar-refractivity contribution >= 4 is 28.4 Å². The Bertz CT molecular complexity index is 1370. The zero-order valence-electron chi connectivity index (χ0n) is 15.8. The number of aliphatic hydroxyl groups excluding tert-OH is 1. The third kappa shape index (κ3) is 2.89. The SMILES string of the molecule is N#Cc1c(-c2ccc(C(=O)NCCO)cc2)c(C#N)c2nc3ccccc3n2c1N. The molecule has 4 N–H and O–H groups in total. The summed E-state index contributed by atoms with van der Waals surface area (Å²) in [5.41, 5.74) is 9.82. The molecule has 2 aromatic heterocycles. The van der Waals surface area contributed by atoms with Gasteiger partial charge in [-0.05, 0) is 29.8 Å². The molecule has 0 saturated heterocycles. The number of benzene rings is 2. The molecule has 30 heavy (non-hydrogen) atoms. The second kappa shape index (κ2) is 7.55. The topological polar surface area (TPSA) is 140 Å². The van der Waals surface area contributed by atoms with Crippen LogP contribution in [0.25, 0.3) is 27.8 Å². The molecule has 0 saturated carbocycles.